The van der Waals surface area contributed by atoms with Gasteiger partial charge in [-0.05, 0) is 23.6 Å². The fourth-order valence-electron chi connectivity index (χ4n) is 1.73. The van der Waals surface area contributed by atoms with Crippen molar-refractivity contribution in [1.82, 2.24) is 4.98 Å². The molecule has 0 saturated heterocycles. The van der Waals surface area contributed by atoms with Crippen molar-refractivity contribution >= 4 is 8.07 Å². The highest BCUT2D eigenvalue weighted by Crippen LogP contribution is 2.25. The smallest absolute Gasteiger partial charge is 0.0448 e. The van der Waals surface area contributed by atoms with E-state index in [0.717, 1.165) is 0 Å². The fourth-order valence-corrected chi connectivity index (χ4v) is 3.80. The quantitative estimate of drug-likeness (QED) is 0.669. The zero-order valence-corrected chi connectivity index (χ0v) is 10.0. The number of pyridine rings is 1. The van der Waals surface area contributed by atoms with Crippen molar-refractivity contribution in [3.05, 3.63) is 30.1 Å². The number of hydrogen-bond acceptors (Lipinski definition) is 1. The molecule has 2 heteroatoms. The SMILES string of the molecule is CC(C[Si](C)(C)C)c1ccncc1. The van der Waals surface area contributed by atoms with Crippen molar-refractivity contribution < 1.29 is 0 Å². The number of nitrogens with zero attached hydrogens (tertiary/aromatic N) is 1. The average molecular weight is 193 g/mol. The zero-order chi connectivity index (χ0) is 9.90. The van der Waals surface area contributed by atoms with Gasteiger partial charge in [-0.3, -0.25) is 4.98 Å². The lowest BCUT2D eigenvalue weighted by Crippen LogP contribution is -2.21. The van der Waals surface area contributed by atoms with Gasteiger partial charge < -0.3 is 0 Å². The molecule has 0 fully saturated rings. The molecule has 0 amide bonds. The summed E-state index contributed by atoms with van der Waals surface area (Å²) in [7, 11) is -0.923. The maximum Gasteiger partial charge on any atom is 0.0448 e. The van der Waals surface area contributed by atoms with Crippen molar-refractivity contribution in [3.63, 3.8) is 0 Å². The molecular weight excluding hydrogens is 174 g/mol. The molecule has 1 nitrogen and oxygen atoms in total. The van der Waals surface area contributed by atoms with Crippen LogP contribution in [-0.2, 0) is 0 Å². The van der Waals surface area contributed by atoms with Gasteiger partial charge in [-0.1, -0.05) is 32.6 Å². The molecule has 1 aromatic rings. The van der Waals surface area contributed by atoms with E-state index in [1.807, 2.05) is 12.4 Å². The molecule has 1 rings (SSSR count). The van der Waals surface area contributed by atoms with Gasteiger partial charge in [0.1, 0.15) is 0 Å². The number of aromatic nitrogens is 1. The van der Waals surface area contributed by atoms with Gasteiger partial charge in [-0.25, -0.2) is 0 Å². The third kappa shape index (κ3) is 3.72. The van der Waals surface area contributed by atoms with Crippen LogP contribution in [0.15, 0.2) is 24.5 Å². The van der Waals surface area contributed by atoms with Crippen LogP contribution in [0.5, 0.6) is 0 Å². The van der Waals surface area contributed by atoms with Gasteiger partial charge in [0.15, 0.2) is 0 Å². The summed E-state index contributed by atoms with van der Waals surface area (Å²) >= 11 is 0. The Bertz CT molecular complexity index is 251. The van der Waals surface area contributed by atoms with E-state index in [0.29, 0.717) is 5.92 Å². The van der Waals surface area contributed by atoms with E-state index in [4.69, 9.17) is 0 Å². The van der Waals surface area contributed by atoms with Crippen molar-refractivity contribution in [2.75, 3.05) is 0 Å². The third-order valence-electron chi connectivity index (χ3n) is 2.19. The van der Waals surface area contributed by atoms with E-state index in [1.165, 1.54) is 11.6 Å². The summed E-state index contributed by atoms with van der Waals surface area (Å²) in [5, 5.41) is 0. The highest BCUT2D eigenvalue weighted by atomic mass is 28.3. The first-order chi connectivity index (χ1) is 5.99. The molecule has 0 aliphatic carbocycles. The van der Waals surface area contributed by atoms with Gasteiger partial charge >= 0.3 is 0 Å². The average Bonchev–Trinajstić information content (AvgIpc) is 2.03. The van der Waals surface area contributed by atoms with Crippen LogP contribution in [0, 0.1) is 0 Å². The van der Waals surface area contributed by atoms with Crippen LogP contribution in [0.2, 0.25) is 25.7 Å². The van der Waals surface area contributed by atoms with Crippen LogP contribution in [0.25, 0.3) is 0 Å². The molecule has 1 heterocycles. The Morgan fingerprint density at radius 2 is 1.77 bits per heavy atom. The van der Waals surface area contributed by atoms with Crippen molar-refractivity contribution in [1.29, 1.82) is 0 Å². The topological polar surface area (TPSA) is 12.9 Å². The number of rotatable bonds is 3. The standard InChI is InChI=1S/C11H19NSi/c1-10(9-13(2,3)4)11-5-7-12-8-6-11/h5-8,10H,9H2,1-4H3. The molecule has 0 bridgehead atoms. The van der Waals surface area contributed by atoms with Crippen LogP contribution in [0.1, 0.15) is 18.4 Å². The summed E-state index contributed by atoms with van der Waals surface area (Å²) < 4.78 is 0. The first-order valence-corrected chi connectivity index (χ1v) is 8.60. The van der Waals surface area contributed by atoms with E-state index in [9.17, 15) is 0 Å². The molecule has 1 atom stereocenters. The molecule has 1 unspecified atom stereocenters. The Hall–Kier alpha value is -0.633. The summed E-state index contributed by atoms with van der Waals surface area (Å²) in [6.07, 6.45) is 3.77. The second-order valence-corrected chi connectivity index (χ2v) is 10.5. The van der Waals surface area contributed by atoms with Crippen molar-refractivity contribution in [2.24, 2.45) is 0 Å². The molecule has 0 aliphatic heterocycles. The van der Waals surface area contributed by atoms with Crippen LogP contribution in [-0.4, -0.2) is 13.1 Å². The highest BCUT2D eigenvalue weighted by molar-refractivity contribution is 6.76. The lowest BCUT2D eigenvalue weighted by Gasteiger charge is -2.21. The van der Waals surface area contributed by atoms with Crippen molar-refractivity contribution in [2.45, 2.75) is 38.5 Å². The molecule has 13 heavy (non-hydrogen) atoms. The lowest BCUT2D eigenvalue weighted by molar-refractivity contribution is 0.842. The predicted molar refractivity (Wildman–Crippen MR) is 60.8 cm³/mol. The third-order valence-corrected chi connectivity index (χ3v) is 4.03. The minimum absolute atomic E-state index is 0.690. The Morgan fingerprint density at radius 3 is 2.23 bits per heavy atom. The van der Waals surface area contributed by atoms with Crippen molar-refractivity contribution in [3.8, 4) is 0 Å². The minimum Gasteiger partial charge on any atom is -0.265 e. The monoisotopic (exact) mass is 193 g/mol. The molecule has 0 saturated carbocycles. The second-order valence-electron chi connectivity index (χ2n) is 4.95. The molecular formula is C11H19NSi. The molecule has 0 spiro atoms. The largest absolute Gasteiger partial charge is 0.265 e. The predicted octanol–water partition coefficient (Wildman–Crippen LogP) is 3.52. The van der Waals surface area contributed by atoms with Gasteiger partial charge in [0.2, 0.25) is 0 Å². The minimum atomic E-state index is -0.923. The maximum atomic E-state index is 4.04. The molecule has 0 aliphatic rings. The summed E-state index contributed by atoms with van der Waals surface area (Å²) in [5.74, 6) is 0.690. The molecule has 72 valence electrons. The summed E-state index contributed by atoms with van der Waals surface area (Å²) in [4.78, 5) is 4.04. The Balaban J connectivity index is 2.64. The van der Waals surface area contributed by atoms with Crippen LogP contribution < -0.4 is 0 Å². The maximum absolute atomic E-state index is 4.04. The zero-order valence-electron chi connectivity index (χ0n) is 9.04. The first-order valence-electron chi connectivity index (χ1n) is 4.89. The molecule has 0 aromatic carbocycles. The molecule has 0 radical (unpaired) electrons. The highest BCUT2D eigenvalue weighted by Gasteiger charge is 2.17. The Kier molecular flexibility index (Phi) is 3.26. The van der Waals surface area contributed by atoms with E-state index in [2.05, 4.69) is 43.7 Å². The Labute approximate surface area is 82.2 Å². The normalized spacial score (nSPS) is 14.2. The van der Waals surface area contributed by atoms with Gasteiger partial charge in [0.25, 0.3) is 0 Å². The van der Waals surface area contributed by atoms with Gasteiger partial charge in [0.05, 0.1) is 0 Å². The van der Waals surface area contributed by atoms with Crippen LogP contribution in [0.4, 0.5) is 0 Å². The summed E-state index contributed by atoms with van der Waals surface area (Å²) in [5.41, 5.74) is 1.43. The van der Waals surface area contributed by atoms with E-state index >= 15 is 0 Å². The van der Waals surface area contributed by atoms with Gasteiger partial charge in [-0.15, -0.1) is 0 Å². The van der Waals surface area contributed by atoms with E-state index < -0.39 is 8.07 Å². The summed E-state index contributed by atoms with van der Waals surface area (Å²) in [6, 6.07) is 5.62. The first kappa shape index (κ1) is 10.4. The van der Waals surface area contributed by atoms with Gasteiger partial charge in [0, 0.05) is 20.5 Å². The lowest BCUT2D eigenvalue weighted by atomic mass is 10.1. The molecule has 1 aromatic heterocycles. The summed E-state index contributed by atoms with van der Waals surface area (Å²) in [6.45, 7) is 9.58. The van der Waals surface area contributed by atoms with Crippen LogP contribution in [0.3, 0.4) is 0 Å². The van der Waals surface area contributed by atoms with E-state index in [-0.39, 0.29) is 0 Å². The molecule has 0 N–H and O–H groups in total. The fraction of sp³-hybridized carbons (Fsp3) is 0.545. The second kappa shape index (κ2) is 4.05. The van der Waals surface area contributed by atoms with Gasteiger partial charge in [-0.2, -0.15) is 0 Å². The number of hydrogen-bond donors (Lipinski definition) is 0. The van der Waals surface area contributed by atoms with E-state index in [1.54, 1.807) is 0 Å². The Morgan fingerprint density at radius 1 is 1.23 bits per heavy atom. The van der Waals surface area contributed by atoms with Crippen LogP contribution >= 0.6 is 0 Å².